The van der Waals surface area contributed by atoms with E-state index in [1.54, 1.807) is 0 Å². The summed E-state index contributed by atoms with van der Waals surface area (Å²) in [6, 6.07) is 6.17. The topological polar surface area (TPSA) is 44.3 Å². The van der Waals surface area contributed by atoms with Gasteiger partial charge in [0.05, 0.1) is 6.61 Å². The minimum absolute atomic E-state index is 0.161. The molecule has 78 valence electrons. The van der Waals surface area contributed by atoms with E-state index in [1.165, 1.54) is 5.56 Å². The summed E-state index contributed by atoms with van der Waals surface area (Å²) in [6.07, 6.45) is 0. The molecule has 0 bridgehead atoms. The molecule has 0 spiro atoms. The smallest absolute Gasteiger partial charge is 0.0604 e. The first-order valence-corrected chi connectivity index (χ1v) is 4.97. The fourth-order valence-electron chi connectivity index (χ4n) is 1.37. The summed E-state index contributed by atoms with van der Waals surface area (Å²) in [4.78, 5) is 0. The first-order chi connectivity index (χ1) is 6.77. The molecule has 0 aromatic heterocycles. The average molecular weight is 194 g/mol. The number of hydrogen-bond acceptors (Lipinski definition) is 3. The van der Waals surface area contributed by atoms with Gasteiger partial charge in [-0.25, -0.2) is 0 Å². The predicted octanol–water partition coefficient (Wildman–Crippen LogP) is 1.83. The number of rotatable bonds is 5. The SMILES string of the molecule is CCNc1ccc(NCCO)c(C)c1. The lowest BCUT2D eigenvalue weighted by atomic mass is 10.1. The van der Waals surface area contributed by atoms with Crippen LogP contribution in [0.25, 0.3) is 0 Å². The third kappa shape index (κ3) is 2.92. The van der Waals surface area contributed by atoms with Gasteiger partial charge in [0.25, 0.3) is 0 Å². The lowest BCUT2D eigenvalue weighted by Gasteiger charge is -2.10. The van der Waals surface area contributed by atoms with Crippen molar-refractivity contribution in [3.8, 4) is 0 Å². The van der Waals surface area contributed by atoms with Crippen LogP contribution < -0.4 is 10.6 Å². The minimum atomic E-state index is 0.161. The maximum absolute atomic E-state index is 8.68. The quantitative estimate of drug-likeness (QED) is 0.670. The van der Waals surface area contributed by atoms with Crippen LogP contribution >= 0.6 is 0 Å². The van der Waals surface area contributed by atoms with Gasteiger partial charge >= 0.3 is 0 Å². The second-order valence-corrected chi connectivity index (χ2v) is 3.21. The van der Waals surface area contributed by atoms with Crippen LogP contribution in [0.1, 0.15) is 12.5 Å². The number of aliphatic hydroxyl groups excluding tert-OH is 1. The molecule has 0 atom stereocenters. The average Bonchev–Trinajstić information content (AvgIpc) is 2.17. The van der Waals surface area contributed by atoms with Crippen LogP contribution in [0.3, 0.4) is 0 Å². The van der Waals surface area contributed by atoms with Crippen molar-refractivity contribution in [1.82, 2.24) is 0 Å². The highest BCUT2D eigenvalue weighted by molar-refractivity contribution is 5.59. The summed E-state index contributed by atoms with van der Waals surface area (Å²) in [6.45, 7) is 5.83. The fourth-order valence-corrected chi connectivity index (χ4v) is 1.37. The number of aliphatic hydroxyl groups is 1. The molecule has 0 heterocycles. The van der Waals surface area contributed by atoms with Crippen LogP contribution in [0, 0.1) is 6.92 Å². The van der Waals surface area contributed by atoms with E-state index in [1.807, 2.05) is 12.1 Å². The Labute approximate surface area is 85.2 Å². The number of anilines is 2. The summed E-state index contributed by atoms with van der Waals surface area (Å²) in [7, 11) is 0. The van der Waals surface area contributed by atoms with Crippen LogP contribution in [-0.2, 0) is 0 Å². The van der Waals surface area contributed by atoms with Crippen molar-refractivity contribution in [2.45, 2.75) is 13.8 Å². The predicted molar refractivity (Wildman–Crippen MR) is 60.9 cm³/mol. The van der Waals surface area contributed by atoms with Gasteiger partial charge in [0.2, 0.25) is 0 Å². The van der Waals surface area contributed by atoms with E-state index in [0.717, 1.165) is 17.9 Å². The minimum Gasteiger partial charge on any atom is -0.395 e. The molecule has 0 aliphatic carbocycles. The van der Waals surface area contributed by atoms with E-state index < -0.39 is 0 Å². The largest absolute Gasteiger partial charge is 0.395 e. The molecule has 0 unspecified atom stereocenters. The molecular weight excluding hydrogens is 176 g/mol. The third-order valence-electron chi connectivity index (χ3n) is 2.03. The number of hydrogen-bond donors (Lipinski definition) is 3. The van der Waals surface area contributed by atoms with Crippen molar-refractivity contribution in [1.29, 1.82) is 0 Å². The van der Waals surface area contributed by atoms with Gasteiger partial charge < -0.3 is 15.7 Å². The summed E-state index contributed by atoms with van der Waals surface area (Å²) < 4.78 is 0. The fraction of sp³-hybridized carbons (Fsp3) is 0.455. The molecule has 3 N–H and O–H groups in total. The van der Waals surface area contributed by atoms with Crippen molar-refractivity contribution in [2.75, 3.05) is 30.3 Å². The molecule has 3 heteroatoms. The van der Waals surface area contributed by atoms with Crippen molar-refractivity contribution >= 4 is 11.4 Å². The Bertz CT molecular complexity index is 287. The molecule has 0 aliphatic heterocycles. The number of nitrogens with one attached hydrogen (secondary N) is 2. The lowest BCUT2D eigenvalue weighted by Crippen LogP contribution is -2.07. The van der Waals surface area contributed by atoms with Crippen LogP contribution in [0.2, 0.25) is 0 Å². The molecule has 1 rings (SSSR count). The standard InChI is InChI=1S/C11H18N2O/c1-3-12-10-4-5-11(9(2)8-10)13-6-7-14/h4-5,8,12-14H,3,6-7H2,1-2H3. The number of benzene rings is 1. The molecule has 14 heavy (non-hydrogen) atoms. The van der Waals surface area contributed by atoms with E-state index in [4.69, 9.17) is 5.11 Å². The van der Waals surface area contributed by atoms with E-state index in [2.05, 4.69) is 30.5 Å². The molecule has 0 saturated heterocycles. The Hall–Kier alpha value is -1.22. The molecule has 1 aromatic rings. The zero-order valence-corrected chi connectivity index (χ0v) is 8.80. The monoisotopic (exact) mass is 194 g/mol. The molecule has 3 nitrogen and oxygen atoms in total. The Balaban J connectivity index is 2.68. The molecule has 1 aromatic carbocycles. The molecule has 0 radical (unpaired) electrons. The van der Waals surface area contributed by atoms with Crippen LogP contribution in [0.4, 0.5) is 11.4 Å². The number of aryl methyl sites for hydroxylation is 1. The van der Waals surface area contributed by atoms with Gasteiger partial charge in [-0.2, -0.15) is 0 Å². The third-order valence-corrected chi connectivity index (χ3v) is 2.03. The van der Waals surface area contributed by atoms with Gasteiger partial charge in [0.1, 0.15) is 0 Å². The van der Waals surface area contributed by atoms with Gasteiger partial charge in [0, 0.05) is 24.5 Å². The van der Waals surface area contributed by atoms with Gasteiger partial charge in [-0.1, -0.05) is 0 Å². The van der Waals surface area contributed by atoms with Crippen molar-refractivity contribution < 1.29 is 5.11 Å². The second kappa shape index (κ2) is 5.50. The summed E-state index contributed by atoms with van der Waals surface area (Å²) >= 11 is 0. The van der Waals surface area contributed by atoms with E-state index in [-0.39, 0.29) is 6.61 Å². The van der Waals surface area contributed by atoms with Crippen molar-refractivity contribution in [2.24, 2.45) is 0 Å². The second-order valence-electron chi connectivity index (χ2n) is 3.21. The summed E-state index contributed by atoms with van der Waals surface area (Å²) in [5, 5.41) is 15.1. The van der Waals surface area contributed by atoms with E-state index >= 15 is 0 Å². The molecule has 0 amide bonds. The van der Waals surface area contributed by atoms with Crippen LogP contribution in [-0.4, -0.2) is 24.8 Å². The first kappa shape index (κ1) is 10.9. The Morgan fingerprint density at radius 2 is 2.07 bits per heavy atom. The lowest BCUT2D eigenvalue weighted by molar-refractivity contribution is 0.311. The maximum atomic E-state index is 8.68. The van der Waals surface area contributed by atoms with Crippen molar-refractivity contribution in [3.05, 3.63) is 23.8 Å². The van der Waals surface area contributed by atoms with Gasteiger partial charge in [0.15, 0.2) is 0 Å². The zero-order chi connectivity index (χ0) is 10.4. The Morgan fingerprint density at radius 3 is 2.64 bits per heavy atom. The summed E-state index contributed by atoms with van der Waals surface area (Å²) in [5.74, 6) is 0. The van der Waals surface area contributed by atoms with E-state index in [0.29, 0.717) is 6.54 Å². The van der Waals surface area contributed by atoms with Gasteiger partial charge in [-0.15, -0.1) is 0 Å². The molecule has 0 aliphatic rings. The molecular formula is C11H18N2O. The normalized spacial score (nSPS) is 9.93. The van der Waals surface area contributed by atoms with Crippen LogP contribution in [0.15, 0.2) is 18.2 Å². The molecule has 0 saturated carbocycles. The Morgan fingerprint density at radius 1 is 1.29 bits per heavy atom. The highest BCUT2D eigenvalue weighted by Gasteiger charge is 1.98. The highest BCUT2D eigenvalue weighted by Crippen LogP contribution is 2.19. The zero-order valence-electron chi connectivity index (χ0n) is 8.80. The molecule has 0 fully saturated rings. The van der Waals surface area contributed by atoms with Gasteiger partial charge in [-0.05, 0) is 37.6 Å². The van der Waals surface area contributed by atoms with Gasteiger partial charge in [-0.3, -0.25) is 0 Å². The first-order valence-electron chi connectivity index (χ1n) is 4.97. The van der Waals surface area contributed by atoms with E-state index in [9.17, 15) is 0 Å². The summed E-state index contributed by atoms with van der Waals surface area (Å²) in [5.41, 5.74) is 3.41. The Kier molecular flexibility index (Phi) is 4.26. The van der Waals surface area contributed by atoms with Crippen molar-refractivity contribution in [3.63, 3.8) is 0 Å². The van der Waals surface area contributed by atoms with Crippen LogP contribution in [0.5, 0.6) is 0 Å². The maximum Gasteiger partial charge on any atom is 0.0604 e. The highest BCUT2D eigenvalue weighted by atomic mass is 16.3.